The normalized spacial score (nSPS) is 12.3. The van der Waals surface area contributed by atoms with Crippen molar-refractivity contribution < 1.29 is 0 Å². The van der Waals surface area contributed by atoms with E-state index in [1.165, 1.54) is 16.4 Å². The lowest BCUT2D eigenvalue weighted by Gasteiger charge is -1.99. The molecule has 1 aromatic carbocycles. The molecular weight excluding hydrogens is 322 g/mol. The number of aromatic nitrogens is 4. The predicted octanol–water partition coefficient (Wildman–Crippen LogP) is 3.39. The maximum absolute atomic E-state index is 12.2. The van der Waals surface area contributed by atoms with E-state index >= 15 is 0 Å². The van der Waals surface area contributed by atoms with Gasteiger partial charge < -0.3 is 4.98 Å². The van der Waals surface area contributed by atoms with Crippen molar-refractivity contribution in [1.82, 2.24) is 19.7 Å². The lowest BCUT2D eigenvalue weighted by atomic mass is 10.3. The molecule has 3 aromatic rings. The van der Waals surface area contributed by atoms with Gasteiger partial charge in [-0.05, 0) is 31.9 Å². The highest BCUT2D eigenvalue weighted by atomic mass is 32.2. The van der Waals surface area contributed by atoms with Crippen LogP contribution in [0.2, 0.25) is 0 Å². The third-order valence-electron chi connectivity index (χ3n) is 3.32. The molecule has 0 radical (unpaired) electrons. The van der Waals surface area contributed by atoms with Crippen molar-refractivity contribution in [3.05, 3.63) is 69.6 Å². The number of benzene rings is 1. The van der Waals surface area contributed by atoms with Crippen molar-refractivity contribution in [3.63, 3.8) is 0 Å². The summed E-state index contributed by atoms with van der Waals surface area (Å²) in [6.45, 7) is 5.49. The molecule has 24 heavy (non-hydrogen) atoms. The summed E-state index contributed by atoms with van der Waals surface area (Å²) in [6, 6.07) is 9.22. The van der Waals surface area contributed by atoms with E-state index in [4.69, 9.17) is 0 Å². The Morgan fingerprint density at radius 1 is 1.46 bits per heavy atom. The first-order chi connectivity index (χ1) is 11.7. The van der Waals surface area contributed by atoms with Gasteiger partial charge in [-0.3, -0.25) is 14.9 Å². The molecule has 0 bridgehead atoms. The second-order valence-electron chi connectivity index (χ2n) is 5.01. The molecule has 2 heterocycles. The van der Waals surface area contributed by atoms with Crippen molar-refractivity contribution in [2.75, 3.05) is 0 Å². The molecule has 0 saturated carbocycles. The topological polar surface area (TPSA) is 78.8 Å². The standard InChI is InChI=1S/C17H17N5OS/c1-3-4-9-15(18-2)24-11-12-10-16(23)22(21-12)17-19-13-7-5-6-8-14(13)20-17/h3-10,21H,2,11H2,1H3,(H,19,20)/b4-3-,15-9+. The Balaban J connectivity index is 1.82. The number of hydrogen-bond donors (Lipinski definition) is 2. The minimum Gasteiger partial charge on any atom is -0.322 e. The van der Waals surface area contributed by atoms with Gasteiger partial charge in [-0.2, -0.15) is 4.68 Å². The number of aliphatic imine (C=N–C) groups is 1. The second kappa shape index (κ2) is 7.18. The van der Waals surface area contributed by atoms with Gasteiger partial charge in [-0.15, -0.1) is 11.8 Å². The largest absolute Gasteiger partial charge is 0.322 e. The van der Waals surface area contributed by atoms with Crippen LogP contribution >= 0.6 is 11.8 Å². The monoisotopic (exact) mass is 339 g/mol. The fourth-order valence-electron chi connectivity index (χ4n) is 2.20. The number of aromatic amines is 2. The van der Waals surface area contributed by atoms with Crippen LogP contribution in [0.5, 0.6) is 0 Å². The van der Waals surface area contributed by atoms with E-state index < -0.39 is 0 Å². The summed E-state index contributed by atoms with van der Waals surface area (Å²) < 4.78 is 1.41. The average Bonchev–Trinajstić information content (AvgIpc) is 3.18. The lowest BCUT2D eigenvalue weighted by molar-refractivity contribution is 0.789. The molecule has 0 aliphatic carbocycles. The molecule has 3 rings (SSSR count). The van der Waals surface area contributed by atoms with Crippen molar-refractivity contribution in [2.45, 2.75) is 12.7 Å². The number of thioether (sulfide) groups is 1. The van der Waals surface area contributed by atoms with Gasteiger partial charge in [0.15, 0.2) is 0 Å². The summed E-state index contributed by atoms with van der Waals surface area (Å²) >= 11 is 1.50. The first-order valence-electron chi connectivity index (χ1n) is 7.40. The fraction of sp³-hybridized carbons (Fsp3) is 0.118. The highest BCUT2D eigenvalue weighted by Gasteiger charge is 2.10. The number of hydrogen-bond acceptors (Lipinski definition) is 4. The third kappa shape index (κ3) is 3.41. The SMILES string of the molecule is C=N/C(=C\C=C/C)SCc1cc(=O)n(-c2nc3ccccc3[nH]2)[nH]1. The van der Waals surface area contributed by atoms with Gasteiger partial charge in [0.05, 0.1) is 16.1 Å². The van der Waals surface area contributed by atoms with E-state index in [9.17, 15) is 4.79 Å². The van der Waals surface area contributed by atoms with E-state index in [-0.39, 0.29) is 5.56 Å². The highest BCUT2D eigenvalue weighted by molar-refractivity contribution is 8.02. The summed E-state index contributed by atoms with van der Waals surface area (Å²) in [4.78, 5) is 23.7. The maximum Gasteiger partial charge on any atom is 0.274 e. The number of imidazole rings is 1. The summed E-state index contributed by atoms with van der Waals surface area (Å²) in [5.74, 6) is 1.06. The lowest BCUT2D eigenvalue weighted by Crippen LogP contribution is -2.14. The molecule has 122 valence electrons. The van der Waals surface area contributed by atoms with Gasteiger partial charge in [0.2, 0.25) is 5.95 Å². The van der Waals surface area contributed by atoms with E-state index in [0.29, 0.717) is 11.7 Å². The molecule has 2 aromatic heterocycles. The van der Waals surface area contributed by atoms with Crippen LogP contribution in [-0.4, -0.2) is 26.5 Å². The average molecular weight is 339 g/mol. The summed E-state index contributed by atoms with van der Waals surface area (Å²) in [7, 11) is 0. The Morgan fingerprint density at radius 2 is 2.29 bits per heavy atom. The van der Waals surface area contributed by atoms with Crippen molar-refractivity contribution in [2.24, 2.45) is 4.99 Å². The Bertz CT molecular complexity index is 943. The van der Waals surface area contributed by atoms with Crippen LogP contribution in [0.1, 0.15) is 12.6 Å². The smallest absolute Gasteiger partial charge is 0.274 e. The quantitative estimate of drug-likeness (QED) is 0.534. The number of fused-ring (bicyclic) bond motifs is 1. The van der Waals surface area contributed by atoms with E-state index in [1.807, 2.05) is 49.4 Å². The molecular formula is C17H17N5OS. The number of H-pyrrole nitrogens is 2. The zero-order chi connectivity index (χ0) is 16.9. The van der Waals surface area contributed by atoms with Gasteiger partial charge in [0, 0.05) is 17.5 Å². The van der Waals surface area contributed by atoms with Crippen molar-refractivity contribution in [1.29, 1.82) is 0 Å². The molecule has 0 amide bonds. The van der Waals surface area contributed by atoms with Crippen LogP contribution in [0.25, 0.3) is 17.0 Å². The number of para-hydroxylation sites is 2. The first-order valence-corrected chi connectivity index (χ1v) is 8.38. The molecule has 0 spiro atoms. The minimum atomic E-state index is -0.157. The Hall–Kier alpha value is -2.80. The van der Waals surface area contributed by atoms with Crippen LogP contribution in [0.3, 0.4) is 0 Å². The van der Waals surface area contributed by atoms with Crippen LogP contribution in [-0.2, 0) is 5.75 Å². The number of nitrogens with zero attached hydrogens (tertiary/aromatic N) is 3. The van der Waals surface area contributed by atoms with Crippen LogP contribution in [0.15, 0.2) is 63.4 Å². The summed E-state index contributed by atoms with van der Waals surface area (Å²) in [5, 5.41) is 3.87. The van der Waals surface area contributed by atoms with Gasteiger partial charge in [0.1, 0.15) is 0 Å². The molecule has 0 atom stereocenters. The molecule has 0 fully saturated rings. The summed E-state index contributed by atoms with van der Waals surface area (Å²) in [5.41, 5.74) is 2.34. The van der Waals surface area contributed by atoms with E-state index in [2.05, 4.69) is 26.8 Å². The van der Waals surface area contributed by atoms with Crippen LogP contribution in [0, 0.1) is 0 Å². The molecule has 0 saturated heterocycles. The second-order valence-corrected chi connectivity index (χ2v) is 6.01. The molecule has 7 heteroatoms. The molecule has 0 aliphatic heterocycles. The molecule has 6 nitrogen and oxygen atoms in total. The Labute approximate surface area is 143 Å². The Kier molecular flexibility index (Phi) is 4.81. The fourth-order valence-corrected chi connectivity index (χ4v) is 2.92. The maximum atomic E-state index is 12.2. The number of nitrogens with one attached hydrogen (secondary N) is 2. The van der Waals surface area contributed by atoms with Gasteiger partial charge in [0.25, 0.3) is 5.56 Å². The van der Waals surface area contributed by atoms with Gasteiger partial charge >= 0.3 is 0 Å². The predicted molar refractivity (Wildman–Crippen MR) is 99.8 cm³/mol. The van der Waals surface area contributed by atoms with Gasteiger partial charge in [-0.25, -0.2) is 4.98 Å². The van der Waals surface area contributed by atoms with Gasteiger partial charge in [-0.1, -0.05) is 24.3 Å². The highest BCUT2D eigenvalue weighted by Crippen LogP contribution is 2.21. The van der Waals surface area contributed by atoms with Crippen LogP contribution < -0.4 is 5.56 Å². The van der Waals surface area contributed by atoms with Crippen LogP contribution in [0.4, 0.5) is 0 Å². The Morgan fingerprint density at radius 3 is 3.04 bits per heavy atom. The van der Waals surface area contributed by atoms with Crippen molar-refractivity contribution in [3.8, 4) is 5.95 Å². The first kappa shape index (κ1) is 16.1. The molecule has 0 unspecified atom stereocenters. The third-order valence-corrected chi connectivity index (χ3v) is 4.34. The summed E-state index contributed by atoms with van der Waals surface area (Å²) in [6.07, 6.45) is 5.71. The number of rotatable bonds is 6. The van der Waals surface area contributed by atoms with E-state index in [0.717, 1.165) is 21.8 Å². The van der Waals surface area contributed by atoms with Crippen molar-refractivity contribution >= 4 is 29.5 Å². The minimum absolute atomic E-state index is 0.157. The zero-order valence-corrected chi connectivity index (χ0v) is 14.0. The molecule has 2 N–H and O–H groups in total. The number of allylic oxidation sites excluding steroid dienone is 3. The zero-order valence-electron chi connectivity index (χ0n) is 13.2. The molecule has 0 aliphatic rings. The van der Waals surface area contributed by atoms with E-state index in [1.54, 1.807) is 6.07 Å².